The molecule has 2 aliphatic heterocycles. The van der Waals surface area contributed by atoms with Gasteiger partial charge in [0.05, 0.1) is 0 Å². The van der Waals surface area contributed by atoms with E-state index in [1.54, 1.807) is 0 Å². The second-order valence-corrected chi connectivity index (χ2v) is 9.68. The molecule has 248 valence electrons. The number of carbonyl (C=O) groups excluding carboxylic acids is 7. The minimum atomic E-state index is -1.90. The van der Waals surface area contributed by atoms with Crippen LogP contribution in [0.25, 0.3) is 0 Å². The van der Waals surface area contributed by atoms with Crippen LogP contribution in [-0.4, -0.2) is 122 Å². The molecule has 10 atom stereocenters. The van der Waals surface area contributed by atoms with Crippen LogP contribution in [0.5, 0.6) is 0 Å². The van der Waals surface area contributed by atoms with Gasteiger partial charge in [-0.15, -0.1) is 0 Å². The van der Waals surface area contributed by atoms with Gasteiger partial charge in [0.1, 0.15) is 31.5 Å². The topological polar surface area (TPSA) is 232 Å². The molecular weight excluding hydrogens is 600 g/mol. The van der Waals surface area contributed by atoms with Gasteiger partial charge in [-0.2, -0.15) is 0 Å². The van der Waals surface area contributed by atoms with Gasteiger partial charge in [0.25, 0.3) is 0 Å². The van der Waals surface area contributed by atoms with E-state index in [4.69, 9.17) is 47.4 Å². The van der Waals surface area contributed by atoms with Crippen molar-refractivity contribution >= 4 is 41.8 Å². The van der Waals surface area contributed by atoms with Gasteiger partial charge in [-0.05, 0) is 0 Å². The van der Waals surface area contributed by atoms with Gasteiger partial charge in [-0.25, -0.2) is 0 Å². The maximum Gasteiger partial charge on any atom is 0.303 e. The molecule has 0 aromatic heterocycles. The van der Waals surface area contributed by atoms with Gasteiger partial charge in [0.15, 0.2) is 43.1 Å². The molecule has 0 unspecified atom stereocenters. The minimum Gasteiger partial charge on any atom is -0.463 e. The van der Waals surface area contributed by atoms with Gasteiger partial charge in [0, 0.05) is 48.5 Å². The van der Waals surface area contributed by atoms with Crippen LogP contribution in [0, 0.1) is 0 Å². The summed E-state index contributed by atoms with van der Waals surface area (Å²) in [6.07, 6.45) is -16.3. The molecule has 2 rings (SSSR count). The molecule has 2 fully saturated rings. The molecule has 1 N–H and O–H groups in total. The van der Waals surface area contributed by atoms with Gasteiger partial charge in [-0.3, -0.25) is 33.6 Å². The summed E-state index contributed by atoms with van der Waals surface area (Å²) in [4.78, 5) is 83.5. The van der Waals surface area contributed by atoms with Crippen LogP contribution < -0.4 is 0 Å². The van der Waals surface area contributed by atoms with Crippen LogP contribution in [0.2, 0.25) is 0 Å². The van der Waals surface area contributed by atoms with Crippen molar-refractivity contribution < 1.29 is 86.0 Å². The number of rotatable bonds is 11. The van der Waals surface area contributed by atoms with E-state index in [-0.39, 0.29) is 0 Å². The molecule has 2 aliphatic rings. The summed E-state index contributed by atoms with van der Waals surface area (Å²) in [6, 6.07) is 0. The number of hydrogen-bond acceptors (Lipinski definition) is 18. The number of aliphatic hydroxyl groups is 1. The van der Waals surface area contributed by atoms with Crippen LogP contribution in [0.15, 0.2) is 0 Å². The van der Waals surface area contributed by atoms with Crippen molar-refractivity contribution in [2.75, 3.05) is 13.2 Å². The highest BCUT2D eigenvalue weighted by Gasteiger charge is 2.57. The van der Waals surface area contributed by atoms with Crippen molar-refractivity contribution in [2.24, 2.45) is 0 Å². The molecule has 18 nitrogen and oxygen atoms in total. The van der Waals surface area contributed by atoms with Crippen molar-refractivity contribution in [1.29, 1.82) is 0 Å². The van der Waals surface area contributed by atoms with Gasteiger partial charge < -0.3 is 52.5 Å². The molecule has 2 heterocycles. The largest absolute Gasteiger partial charge is 0.463 e. The summed E-state index contributed by atoms with van der Waals surface area (Å²) in [5.74, 6) is -6.03. The van der Waals surface area contributed by atoms with E-state index in [1.165, 1.54) is 0 Å². The van der Waals surface area contributed by atoms with E-state index in [2.05, 4.69) is 0 Å². The van der Waals surface area contributed by atoms with E-state index in [1.807, 2.05) is 0 Å². The molecule has 0 amide bonds. The molecule has 18 heteroatoms. The molecule has 0 aliphatic carbocycles. The molecular formula is C26H36O18. The Labute approximate surface area is 251 Å². The molecule has 44 heavy (non-hydrogen) atoms. The van der Waals surface area contributed by atoms with Crippen LogP contribution in [0.3, 0.4) is 0 Å². The monoisotopic (exact) mass is 636 g/mol. The third-order valence-electron chi connectivity index (χ3n) is 5.90. The Morgan fingerprint density at radius 2 is 0.841 bits per heavy atom. The van der Waals surface area contributed by atoms with Crippen molar-refractivity contribution in [1.82, 2.24) is 0 Å². The van der Waals surface area contributed by atoms with Gasteiger partial charge in [0.2, 0.25) is 0 Å². The Hall–Kier alpha value is -3.87. The standard InChI is InChI=1S/C26H36O18/c1-10(27)35-8-17-20(21(38-13(4)30)23(25(34)42-17)40-15(6)32)44-26-24(41-16(7)33)22(39-14(5)31)19(37-12(3)29)18(43-26)9-36-11(2)28/h17-26,34H,8-9H2,1-7H3/t17-,18-,19-,20-,21+,22+,23-,24-,25-,26+/m1/s1. The molecule has 0 aromatic rings. The number of esters is 7. The molecule has 0 spiro atoms. The number of aliphatic hydroxyl groups excluding tert-OH is 1. The van der Waals surface area contributed by atoms with E-state index in [9.17, 15) is 38.7 Å². The smallest absolute Gasteiger partial charge is 0.303 e. The fraction of sp³-hybridized carbons (Fsp3) is 0.731. The summed E-state index contributed by atoms with van der Waals surface area (Å²) in [7, 11) is 0. The molecule has 0 saturated carbocycles. The first kappa shape index (κ1) is 36.3. The molecule has 2 saturated heterocycles. The molecule has 0 aromatic carbocycles. The SMILES string of the molecule is CC(=O)OC[C@H]1O[C@@H](O)[C@H](OC(C)=O)[C@@H](OC(C)=O)[C@@H]1O[C@@H]1O[C@H](COC(C)=O)[C@@H](OC(C)=O)[C@H](OC(C)=O)[C@H]1OC(C)=O. The lowest BCUT2D eigenvalue weighted by atomic mass is 9.96. The summed E-state index contributed by atoms with van der Waals surface area (Å²) < 4.78 is 54.1. The third-order valence-corrected chi connectivity index (χ3v) is 5.90. The van der Waals surface area contributed by atoms with E-state index in [0.29, 0.717) is 0 Å². The minimum absolute atomic E-state index is 0.572. The molecule has 0 bridgehead atoms. The Bertz CT molecular complexity index is 1090. The highest BCUT2D eigenvalue weighted by atomic mass is 16.8. The van der Waals surface area contributed by atoms with Crippen molar-refractivity contribution in [2.45, 2.75) is 110 Å². The zero-order valence-electron chi connectivity index (χ0n) is 25.1. The third kappa shape index (κ3) is 10.7. The Morgan fingerprint density at radius 3 is 1.27 bits per heavy atom. The predicted octanol–water partition coefficient (Wildman–Crippen LogP) is -1.40. The van der Waals surface area contributed by atoms with Crippen LogP contribution in [0.1, 0.15) is 48.5 Å². The number of carbonyl (C=O) groups is 7. The van der Waals surface area contributed by atoms with Crippen LogP contribution in [-0.2, 0) is 80.9 Å². The maximum atomic E-state index is 12.2. The first-order valence-corrected chi connectivity index (χ1v) is 13.3. The van der Waals surface area contributed by atoms with Gasteiger partial charge in [-0.1, -0.05) is 0 Å². The quantitative estimate of drug-likeness (QED) is 0.203. The van der Waals surface area contributed by atoms with E-state index < -0.39 is 116 Å². The number of hydrogen-bond donors (Lipinski definition) is 1. The van der Waals surface area contributed by atoms with Crippen molar-refractivity contribution in [3.8, 4) is 0 Å². The highest BCUT2D eigenvalue weighted by molar-refractivity contribution is 5.69. The average molecular weight is 637 g/mol. The fourth-order valence-electron chi connectivity index (χ4n) is 4.49. The Morgan fingerprint density at radius 1 is 0.477 bits per heavy atom. The lowest BCUT2D eigenvalue weighted by Gasteiger charge is -2.48. The summed E-state index contributed by atoms with van der Waals surface area (Å²) >= 11 is 0. The molecule has 0 radical (unpaired) electrons. The number of ether oxygens (including phenoxy) is 10. The van der Waals surface area contributed by atoms with Crippen molar-refractivity contribution in [3.05, 3.63) is 0 Å². The zero-order chi connectivity index (χ0) is 33.3. The average Bonchev–Trinajstić information content (AvgIpc) is 2.87. The van der Waals surface area contributed by atoms with Crippen LogP contribution in [0.4, 0.5) is 0 Å². The second-order valence-electron chi connectivity index (χ2n) is 9.68. The van der Waals surface area contributed by atoms with E-state index in [0.717, 1.165) is 48.5 Å². The zero-order valence-corrected chi connectivity index (χ0v) is 25.1. The highest BCUT2D eigenvalue weighted by Crippen LogP contribution is 2.34. The van der Waals surface area contributed by atoms with Crippen molar-refractivity contribution in [3.63, 3.8) is 0 Å². The maximum absolute atomic E-state index is 12.2. The second kappa shape index (κ2) is 16.3. The Balaban J connectivity index is 2.66. The first-order valence-electron chi connectivity index (χ1n) is 13.3. The lowest BCUT2D eigenvalue weighted by Crippen LogP contribution is -2.67. The Kier molecular flexibility index (Phi) is 13.4. The van der Waals surface area contributed by atoms with E-state index >= 15 is 0 Å². The lowest BCUT2D eigenvalue weighted by molar-refractivity contribution is -0.357. The predicted molar refractivity (Wildman–Crippen MR) is 135 cm³/mol. The first-order chi connectivity index (χ1) is 20.5. The van der Waals surface area contributed by atoms with Crippen LogP contribution >= 0.6 is 0 Å². The summed E-state index contributed by atoms with van der Waals surface area (Å²) in [6.45, 7) is 6.11. The summed E-state index contributed by atoms with van der Waals surface area (Å²) in [5, 5.41) is 10.6. The summed E-state index contributed by atoms with van der Waals surface area (Å²) in [5.41, 5.74) is 0. The fourth-order valence-corrected chi connectivity index (χ4v) is 4.49. The van der Waals surface area contributed by atoms with Gasteiger partial charge >= 0.3 is 41.8 Å². The normalized spacial score (nSPS) is 31.5.